The maximum Gasteiger partial charge on any atom is 0.189 e. The first kappa shape index (κ1) is 13.2. The molecule has 0 fully saturated rings. The third kappa shape index (κ3) is 2.30. The molecule has 0 saturated carbocycles. The molecular formula is C19H13NOS. The number of benzene rings is 2. The van der Waals surface area contributed by atoms with E-state index in [0.29, 0.717) is 6.42 Å². The summed E-state index contributed by atoms with van der Waals surface area (Å²) in [6, 6.07) is 17.9. The van der Waals surface area contributed by atoms with Crippen molar-refractivity contribution in [2.45, 2.75) is 6.42 Å². The molecular weight excluding hydrogens is 290 g/mol. The predicted octanol–water partition coefficient (Wildman–Crippen LogP) is 4.63. The first-order valence-electron chi connectivity index (χ1n) is 7.15. The molecule has 3 heteroatoms. The molecule has 0 amide bonds. The van der Waals surface area contributed by atoms with Crippen molar-refractivity contribution in [2.24, 2.45) is 0 Å². The Bertz CT molecular complexity index is 877. The number of fused-ring (bicyclic) bond motifs is 1. The first-order valence-corrected chi connectivity index (χ1v) is 8.03. The quantitative estimate of drug-likeness (QED) is 0.646. The average Bonchev–Trinajstić information content (AvgIpc) is 3.15. The van der Waals surface area contributed by atoms with Crippen LogP contribution in [0.15, 0.2) is 65.6 Å². The van der Waals surface area contributed by atoms with Gasteiger partial charge in [-0.2, -0.15) is 0 Å². The second-order valence-electron chi connectivity index (χ2n) is 5.28. The molecule has 1 aromatic heterocycles. The summed E-state index contributed by atoms with van der Waals surface area (Å²) in [5.74, 6) is 0.130. The SMILES string of the molecule is O=C1/C(=C/c2csc(-c3ccccc3)n2)Cc2ccccc21. The highest BCUT2D eigenvalue weighted by Gasteiger charge is 2.24. The number of nitrogens with zero attached hydrogens (tertiary/aromatic N) is 1. The van der Waals surface area contributed by atoms with E-state index in [1.165, 1.54) is 0 Å². The molecule has 4 rings (SSSR count). The third-order valence-corrected chi connectivity index (χ3v) is 4.71. The smallest absolute Gasteiger partial charge is 0.189 e. The topological polar surface area (TPSA) is 30.0 Å². The molecule has 2 nitrogen and oxygen atoms in total. The van der Waals surface area contributed by atoms with Crippen LogP contribution < -0.4 is 0 Å². The minimum Gasteiger partial charge on any atom is -0.289 e. The molecule has 0 unspecified atom stereocenters. The van der Waals surface area contributed by atoms with Crippen LogP contribution in [0.5, 0.6) is 0 Å². The van der Waals surface area contributed by atoms with E-state index in [1.807, 2.05) is 66.1 Å². The summed E-state index contributed by atoms with van der Waals surface area (Å²) in [4.78, 5) is 17.0. The Balaban J connectivity index is 1.65. The fourth-order valence-corrected chi connectivity index (χ4v) is 3.50. The lowest BCUT2D eigenvalue weighted by Crippen LogP contribution is -1.94. The normalized spacial score (nSPS) is 15.3. The number of thiazole rings is 1. The summed E-state index contributed by atoms with van der Waals surface area (Å²) in [7, 11) is 0. The molecule has 106 valence electrons. The lowest BCUT2D eigenvalue weighted by Gasteiger charge is -1.94. The van der Waals surface area contributed by atoms with Crippen molar-refractivity contribution in [3.63, 3.8) is 0 Å². The standard InChI is InChI=1S/C19H13NOS/c21-18-15(10-14-8-4-5-9-17(14)18)11-16-12-22-19(20-16)13-6-2-1-3-7-13/h1-9,11-12H,10H2/b15-11+. The van der Waals surface area contributed by atoms with E-state index in [-0.39, 0.29) is 5.78 Å². The molecule has 2 aromatic carbocycles. The van der Waals surface area contributed by atoms with Crippen molar-refractivity contribution in [2.75, 3.05) is 0 Å². The number of hydrogen-bond donors (Lipinski definition) is 0. The molecule has 1 aliphatic rings. The summed E-state index contributed by atoms with van der Waals surface area (Å²) in [6.07, 6.45) is 2.62. The Morgan fingerprint density at radius 1 is 1.00 bits per heavy atom. The summed E-state index contributed by atoms with van der Waals surface area (Å²) in [6.45, 7) is 0. The molecule has 3 aromatic rings. The Morgan fingerprint density at radius 2 is 1.77 bits per heavy atom. The summed E-state index contributed by atoms with van der Waals surface area (Å²) >= 11 is 1.60. The number of hydrogen-bond acceptors (Lipinski definition) is 3. The maximum absolute atomic E-state index is 12.4. The van der Waals surface area contributed by atoms with Crippen LogP contribution in [-0.4, -0.2) is 10.8 Å². The largest absolute Gasteiger partial charge is 0.289 e. The van der Waals surface area contributed by atoms with E-state index in [2.05, 4.69) is 4.98 Å². The monoisotopic (exact) mass is 303 g/mol. The van der Waals surface area contributed by atoms with Gasteiger partial charge >= 0.3 is 0 Å². The van der Waals surface area contributed by atoms with E-state index >= 15 is 0 Å². The van der Waals surface area contributed by atoms with Crippen LogP contribution in [0.2, 0.25) is 0 Å². The number of aromatic nitrogens is 1. The van der Waals surface area contributed by atoms with Crippen molar-refractivity contribution in [3.05, 3.63) is 82.4 Å². The highest BCUT2D eigenvalue weighted by molar-refractivity contribution is 7.13. The Labute approximate surface area is 132 Å². The minimum absolute atomic E-state index is 0.130. The lowest BCUT2D eigenvalue weighted by atomic mass is 10.1. The van der Waals surface area contributed by atoms with Crippen molar-refractivity contribution >= 4 is 23.2 Å². The molecule has 1 heterocycles. The van der Waals surface area contributed by atoms with Crippen LogP contribution in [-0.2, 0) is 6.42 Å². The van der Waals surface area contributed by atoms with Gasteiger partial charge in [0.15, 0.2) is 5.78 Å². The Morgan fingerprint density at radius 3 is 2.59 bits per heavy atom. The number of carbonyl (C=O) groups excluding carboxylic acids is 1. The van der Waals surface area contributed by atoms with Crippen LogP contribution in [0, 0.1) is 0 Å². The number of rotatable bonds is 2. The van der Waals surface area contributed by atoms with E-state index in [9.17, 15) is 4.79 Å². The van der Waals surface area contributed by atoms with Gasteiger partial charge < -0.3 is 0 Å². The maximum atomic E-state index is 12.4. The van der Waals surface area contributed by atoms with Gasteiger partial charge in [-0.15, -0.1) is 11.3 Å². The molecule has 0 radical (unpaired) electrons. The average molecular weight is 303 g/mol. The fraction of sp³-hybridized carbons (Fsp3) is 0.0526. The zero-order valence-electron chi connectivity index (χ0n) is 11.8. The minimum atomic E-state index is 0.130. The highest BCUT2D eigenvalue weighted by atomic mass is 32.1. The fourth-order valence-electron chi connectivity index (χ4n) is 2.72. The molecule has 0 spiro atoms. The summed E-state index contributed by atoms with van der Waals surface area (Å²) < 4.78 is 0. The van der Waals surface area contributed by atoms with Crippen LogP contribution in [0.1, 0.15) is 21.6 Å². The third-order valence-electron chi connectivity index (χ3n) is 3.80. The number of carbonyl (C=O) groups is 1. The molecule has 1 aliphatic carbocycles. The molecule has 0 atom stereocenters. The number of Topliss-reactive ketones (excluding diaryl/α,β-unsaturated/α-hetero) is 1. The van der Waals surface area contributed by atoms with Gasteiger partial charge in [-0.3, -0.25) is 4.79 Å². The van der Waals surface area contributed by atoms with Crippen molar-refractivity contribution in [1.82, 2.24) is 4.98 Å². The molecule has 22 heavy (non-hydrogen) atoms. The van der Waals surface area contributed by atoms with E-state index in [4.69, 9.17) is 0 Å². The predicted molar refractivity (Wildman–Crippen MR) is 90.0 cm³/mol. The lowest BCUT2D eigenvalue weighted by molar-refractivity contribution is 0.104. The Kier molecular flexibility index (Phi) is 3.20. The van der Waals surface area contributed by atoms with E-state index in [0.717, 1.165) is 33.0 Å². The van der Waals surface area contributed by atoms with Crippen molar-refractivity contribution in [1.29, 1.82) is 0 Å². The van der Waals surface area contributed by atoms with Gasteiger partial charge in [0.25, 0.3) is 0 Å². The van der Waals surface area contributed by atoms with Crippen molar-refractivity contribution in [3.8, 4) is 10.6 Å². The highest BCUT2D eigenvalue weighted by Crippen LogP contribution is 2.29. The van der Waals surface area contributed by atoms with Gasteiger partial charge in [-0.05, 0) is 11.6 Å². The van der Waals surface area contributed by atoms with Crippen molar-refractivity contribution < 1.29 is 4.79 Å². The van der Waals surface area contributed by atoms with Gasteiger partial charge in [0, 0.05) is 28.5 Å². The second kappa shape index (κ2) is 5.35. The van der Waals surface area contributed by atoms with Gasteiger partial charge in [-0.25, -0.2) is 4.98 Å². The van der Waals surface area contributed by atoms with Gasteiger partial charge in [0.1, 0.15) is 5.01 Å². The van der Waals surface area contributed by atoms with Crippen LogP contribution in [0.25, 0.3) is 16.6 Å². The zero-order chi connectivity index (χ0) is 14.9. The number of ketones is 1. The van der Waals surface area contributed by atoms with E-state index < -0.39 is 0 Å². The van der Waals surface area contributed by atoms with Crippen LogP contribution >= 0.6 is 11.3 Å². The second-order valence-corrected chi connectivity index (χ2v) is 6.13. The molecule has 0 bridgehead atoms. The zero-order valence-corrected chi connectivity index (χ0v) is 12.6. The summed E-state index contributed by atoms with van der Waals surface area (Å²) in [5.41, 5.74) is 4.73. The number of allylic oxidation sites excluding steroid dienone is 1. The van der Waals surface area contributed by atoms with Crippen LogP contribution in [0.4, 0.5) is 0 Å². The molecule has 0 N–H and O–H groups in total. The molecule has 0 saturated heterocycles. The van der Waals surface area contributed by atoms with Gasteiger partial charge in [-0.1, -0.05) is 54.6 Å². The van der Waals surface area contributed by atoms with E-state index in [1.54, 1.807) is 11.3 Å². The van der Waals surface area contributed by atoms with Crippen LogP contribution in [0.3, 0.4) is 0 Å². The van der Waals surface area contributed by atoms with Gasteiger partial charge in [0.2, 0.25) is 0 Å². The Hall–Kier alpha value is -2.52. The van der Waals surface area contributed by atoms with Gasteiger partial charge in [0.05, 0.1) is 5.69 Å². The summed E-state index contributed by atoms with van der Waals surface area (Å²) in [5, 5.41) is 2.99. The first-order chi connectivity index (χ1) is 10.8. The molecule has 0 aliphatic heterocycles.